The van der Waals surface area contributed by atoms with Gasteiger partial charge >= 0.3 is 0 Å². The molecule has 5 rings (SSSR count). The molecule has 2 aliphatic rings. The molecule has 150 valence electrons. The van der Waals surface area contributed by atoms with Crippen molar-refractivity contribution in [2.45, 2.75) is 51.1 Å². The van der Waals surface area contributed by atoms with E-state index < -0.39 is 0 Å². The van der Waals surface area contributed by atoms with Crippen molar-refractivity contribution < 1.29 is 14.3 Å². The Morgan fingerprint density at radius 1 is 1.07 bits per heavy atom. The lowest BCUT2D eigenvalue weighted by Gasteiger charge is -2.29. The second-order valence-electron chi connectivity index (χ2n) is 8.01. The molecule has 0 bridgehead atoms. The van der Waals surface area contributed by atoms with Crippen LogP contribution in [0.1, 0.15) is 43.2 Å². The number of amides is 1. The highest BCUT2D eigenvalue weighted by Gasteiger charge is 2.27. The van der Waals surface area contributed by atoms with Crippen LogP contribution in [0.15, 0.2) is 48.7 Å². The Balaban J connectivity index is 1.31. The fourth-order valence-electron chi connectivity index (χ4n) is 4.60. The van der Waals surface area contributed by atoms with Gasteiger partial charge in [0.1, 0.15) is 0 Å². The molecule has 1 aliphatic heterocycles. The van der Waals surface area contributed by atoms with Gasteiger partial charge < -0.3 is 19.4 Å². The number of carbonyl (C=O) groups is 1. The number of ether oxygens (including phenoxy) is 2. The molecule has 5 heteroatoms. The van der Waals surface area contributed by atoms with Crippen molar-refractivity contribution in [1.82, 2.24) is 9.88 Å². The maximum Gasteiger partial charge on any atom is 0.231 e. The van der Waals surface area contributed by atoms with Gasteiger partial charge in [0.2, 0.25) is 12.7 Å². The van der Waals surface area contributed by atoms with Gasteiger partial charge in [0.15, 0.2) is 11.5 Å². The van der Waals surface area contributed by atoms with Crippen molar-refractivity contribution in [1.29, 1.82) is 0 Å². The van der Waals surface area contributed by atoms with E-state index in [4.69, 9.17) is 9.47 Å². The molecule has 0 radical (unpaired) electrons. The van der Waals surface area contributed by atoms with Gasteiger partial charge in [-0.2, -0.15) is 0 Å². The Morgan fingerprint density at radius 2 is 1.90 bits per heavy atom. The van der Waals surface area contributed by atoms with Crippen LogP contribution in [0, 0.1) is 0 Å². The third kappa shape index (κ3) is 3.69. The lowest BCUT2D eigenvalue weighted by molar-refractivity contribution is -0.134. The first-order chi connectivity index (χ1) is 14.3. The fraction of sp³-hybridized carbons (Fsp3) is 0.375. The number of fused-ring (bicyclic) bond motifs is 2. The zero-order chi connectivity index (χ0) is 19.6. The van der Waals surface area contributed by atoms with Crippen LogP contribution in [-0.4, -0.2) is 28.6 Å². The molecular formula is C24H26N2O3. The van der Waals surface area contributed by atoms with Crippen molar-refractivity contribution in [3.63, 3.8) is 0 Å². The van der Waals surface area contributed by atoms with Crippen molar-refractivity contribution >= 4 is 16.8 Å². The van der Waals surface area contributed by atoms with Crippen molar-refractivity contribution in [2.75, 3.05) is 6.79 Å². The highest BCUT2D eigenvalue weighted by atomic mass is 16.7. The number of nitrogens with zero attached hydrogens (tertiary/aromatic N) is 1. The predicted molar refractivity (Wildman–Crippen MR) is 112 cm³/mol. The fourth-order valence-corrected chi connectivity index (χ4v) is 4.60. The summed E-state index contributed by atoms with van der Waals surface area (Å²) < 4.78 is 10.9. The second-order valence-corrected chi connectivity index (χ2v) is 8.01. The summed E-state index contributed by atoms with van der Waals surface area (Å²) in [5.74, 6) is 1.80. The molecule has 1 N–H and O–H groups in total. The molecule has 29 heavy (non-hydrogen) atoms. The molecule has 1 aliphatic carbocycles. The van der Waals surface area contributed by atoms with Crippen LogP contribution in [0.3, 0.4) is 0 Å². The molecule has 0 atom stereocenters. The number of para-hydroxylation sites is 1. The summed E-state index contributed by atoms with van der Waals surface area (Å²) in [5.41, 5.74) is 3.44. The molecule has 1 aromatic heterocycles. The lowest BCUT2D eigenvalue weighted by Crippen LogP contribution is -2.38. The number of nitrogens with one attached hydrogen (secondary N) is 1. The zero-order valence-corrected chi connectivity index (χ0v) is 16.5. The molecular weight excluding hydrogens is 364 g/mol. The standard InChI is InChI=1S/C24H26N2O3/c27-24(12-10-18-14-25-21-8-4-3-7-20(18)21)26(19-5-1-2-6-19)15-17-9-11-22-23(13-17)29-16-28-22/h3-4,7-9,11,13-14,19,25H,1-2,5-6,10,12,15-16H2. The van der Waals surface area contributed by atoms with Crippen molar-refractivity contribution in [3.05, 3.63) is 59.8 Å². The number of aromatic amines is 1. The van der Waals surface area contributed by atoms with Crippen LogP contribution >= 0.6 is 0 Å². The lowest BCUT2D eigenvalue weighted by atomic mass is 10.1. The van der Waals surface area contributed by atoms with Crippen LogP contribution in [-0.2, 0) is 17.8 Å². The molecule has 0 saturated heterocycles. The quantitative estimate of drug-likeness (QED) is 0.658. The number of carbonyl (C=O) groups excluding carboxylic acids is 1. The number of hydrogen-bond acceptors (Lipinski definition) is 3. The predicted octanol–water partition coefficient (Wildman–Crippen LogP) is 4.80. The third-order valence-corrected chi connectivity index (χ3v) is 6.16. The number of hydrogen-bond donors (Lipinski definition) is 1. The summed E-state index contributed by atoms with van der Waals surface area (Å²) in [5, 5.41) is 1.21. The van der Waals surface area contributed by atoms with E-state index >= 15 is 0 Å². The molecule has 1 fully saturated rings. The van der Waals surface area contributed by atoms with Gasteiger partial charge in [-0.05, 0) is 48.6 Å². The Kier molecular flexibility index (Phi) is 4.88. The minimum Gasteiger partial charge on any atom is -0.454 e. The van der Waals surface area contributed by atoms with Gasteiger partial charge in [-0.1, -0.05) is 37.1 Å². The first kappa shape index (κ1) is 18.1. The minimum absolute atomic E-state index is 0.236. The largest absolute Gasteiger partial charge is 0.454 e. The summed E-state index contributed by atoms with van der Waals surface area (Å²) in [7, 11) is 0. The third-order valence-electron chi connectivity index (χ3n) is 6.16. The summed E-state index contributed by atoms with van der Waals surface area (Å²) in [6.45, 7) is 0.905. The molecule has 1 saturated carbocycles. The Labute approximate surface area is 170 Å². The second kappa shape index (κ2) is 7.82. The van der Waals surface area contributed by atoms with E-state index in [1.807, 2.05) is 36.5 Å². The molecule has 0 unspecified atom stereocenters. The van der Waals surface area contributed by atoms with E-state index in [0.29, 0.717) is 19.0 Å². The molecule has 2 heterocycles. The topological polar surface area (TPSA) is 54.6 Å². The number of aryl methyl sites for hydroxylation is 1. The summed E-state index contributed by atoms with van der Waals surface area (Å²) >= 11 is 0. The molecule has 0 spiro atoms. The van der Waals surface area contributed by atoms with Gasteiger partial charge in [0.05, 0.1) is 0 Å². The Morgan fingerprint density at radius 3 is 2.79 bits per heavy atom. The van der Waals surface area contributed by atoms with Crippen LogP contribution in [0.4, 0.5) is 0 Å². The Hall–Kier alpha value is -2.95. The summed E-state index contributed by atoms with van der Waals surface area (Å²) in [6, 6.07) is 14.6. The van der Waals surface area contributed by atoms with Crippen LogP contribution in [0.5, 0.6) is 11.5 Å². The van der Waals surface area contributed by atoms with E-state index in [0.717, 1.165) is 41.8 Å². The van der Waals surface area contributed by atoms with Crippen molar-refractivity contribution in [3.8, 4) is 11.5 Å². The first-order valence-electron chi connectivity index (χ1n) is 10.5. The van der Waals surface area contributed by atoms with Gasteiger partial charge in [-0.3, -0.25) is 4.79 Å². The van der Waals surface area contributed by atoms with Crippen molar-refractivity contribution in [2.24, 2.45) is 0 Å². The first-order valence-corrected chi connectivity index (χ1v) is 10.5. The highest BCUT2D eigenvalue weighted by molar-refractivity contribution is 5.84. The van der Waals surface area contributed by atoms with E-state index in [1.165, 1.54) is 23.8 Å². The Bertz CT molecular complexity index is 1020. The maximum absolute atomic E-state index is 13.3. The minimum atomic E-state index is 0.236. The highest BCUT2D eigenvalue weighted by Crippen LogP contribution is 2.34. The van der Waals surface area contributed by atoms with Crippen LogP contribution in [0.2, 0.25) is 0 Å². The molecule has 3 aromatic rings. The van der Waals surface area contributed by atoms with E-state index in [9.17, 15) is 4.79 Å². The molecule has 5 nitrogen and oxygen atoms in total. The van der Waals surface area contributed by atoms with Crippen LogP contribution < -0.4 is 9.47 Å². The number of aromatic nitrogens is 1. The van der Waals surface area contributed by atoms with Gasteiger partial charge in [0.25, 0.3) is 0 Å². The van der Waals surface area contributed by atoms with E-state index in [2.05, 4.69) is 22.0 Å². The average molecular weight is 390 g/mol. The van der Waals surface area contributed by atoms with Gasteiger partial charge in [-0.15, -0.1) is 0 Å². The molecule has 1 amide bonds. The summed E-state index contributed by atoms with van der Waals surface area (Å²) in [4.78, 5) is 18.7. The van der Waals surface area contributed by atoms with Gasteiger partial charge in [-0.25, -0.2) is 0 Å². The summed E-state index contributed by atoms with van der Waals surface area (Å²) in [6.07, 6.45) is 7.94. The van der Waals surface area contributed by atoms with E-state index in [-0.39, 0.29) is 12.7 Å². The smallest absolute Gasteiger partial charge is 0.231 e. The molecule has 2 aromatic carbocycles. The number of benzene rings is 2. The van der Waals surface area contributed by atoms with Gasteiger partial charge in [0, 0.05) is 36.1 Å². The monoisotopic (exact) mass is 390 g/mol. The zero-order valence-electron chi connectivity index (χ0n) is 16.5. The van der Waals surface area contributed by atoms with Crippen LogP contribution in [0.25, 0.3) is 10.9 Å². The number of H-pyrrole nitrogens is 1. The normalized spacial score (nSPS) is 15.9. The average Bonchev–Trinajstić information content (AvgIpc) is 3.50. The SMILES string of the molecule is O=C(CCc1c[nH]c2ccccc12)N(Cc1ccc2c(c1)OCO2)C1CCCC1. The maximum atomic E-state index is 13.3. The number of rotatable bonds is 6. The van der Waals surface area contributed by atoms with E-state index in [1.54, 1.807) is 0 Å².